The largest absolute Gasteiger partial charge is 0.417 e. The predicted octanol–water partition coefficient (Wildman–Crippen LogP) is 5.57. The molecule has 2 rings (SSSR count). The summed E-state index contributed by atoms with van der Waals surface area (Å²) in [5.74, 6) is -1.26. The number of hydrogen-bond donors (Lipinski definition) is 0. The molecule has 2 nitrogen and oxygen atoms in total. The van der Waals surface area contributed by atoms with Gasteiger partial charge in [-0.3, -0.25) is 0 Å². The van der Waals surface area contributed by atoms with Crippen molar-refractivity contribution in [2.24, 2.45) is 0 Å². The number of rotatable bonds is 6. The first-order valence-electron chi connectivity index (χ1n) is 8.21. The highest BCUT2D eigenvalue weighted by molar-refractivity contribution is 5.26. The lowest BCUT2D eigenvalue weighted by molar-refractivity contribution is -0.238. The first-order valence-corrected chi connectivity index (χ1v) is 8.21. The molecule has 0 aliphatic carbocycles. The summed E-state index contributed by atoms with van der Waals surface area (Å²) < 4.78 is 52.2. The highest BCUT2D eigenvalue weighted by atomic mass is 19.4. The van der Waals surface area contributed by atoms with Crippen molar-refractivity contribution < 1.29 is 22.6 Å². The topological polar surface area (TPSA) is 18.5 Å². The number of halogens is 3. The molecule has 0 unspecified atom stereocenters. The lowest BCUT2D eigenvalue weighted by Crippen LogP contribution is -2.46. The predicted molar refractivity (Wildman–Crippen MR) is 83.0 cm³/mol. The number of benzene rings is 1. The molecule has 0 radical (unpaired) electrons. The van der Waals surface area contributed by atoms with Gasteiger partial charge in [0.15, 0.2) is 11.9 Å². The van der Waals surface area contributed by atoms with Crippen molar-refractivity contribution in [3.63, 3.8) is 0 Å². The quantitative estimate of drug-likeness (QED) is 0.635. The van der Waals surface area contributed by atoms with Crippen LogP contribution >= 0.6 is 0 Å². The summed E-state index contributed by atoms with van der Waals surface area (Å²) in [4.78, 5) is 0. The normalized spacial score (nSPS) is 27.3. The standard InChI is InChI=1S/C18H25F3O2/c1-4-5-6-10-13-17(14-11-8-7-9-12-14)15(18(19,20)21)22-16(2,3)23-17/h7-9,11-12,15H,4-6,10,13H2,1-3H3/t15-,17-/m1/s1. The molecule has 0 N–H and O–H groups in total. The summed E-state index contributed by atoms with van der Waals surface area (Å²) in [6.45, 7) is 5.16. The van der Waals surface area contributed by atoms with E-state index >= 15 is 0 Å². The van der Waals surface area contributed by atoms with Gasteiger partial charge in [-0.2, -0.15) is 13.2 Å². The molecule has 0 saturated carbocycles. The van der Waals surface area contributed by atoms with Crippen LogP contribution in [-0.2, 0) is 15.1 Å². The second kappa shape index (κ2) is 6.81. The number of ether oxygens (including phenoxy) is 2. The minimum atomic E-state index is -4.48. The smallest absolute Gasteiger partial charge is 0.336 e. The van der Waals surface area contributed by atoms with Crippen LogP contribution in [-0.4, -0.2) is 18.1 Å². The first-order chi connectivity index (χ1) is 10.7. The van der Waals surface area contributed by atoms with E-state index in [0.29, 0.717) is 18.4 Å². The zero-order chi connectivity index (χ0) is 17.1. The molecule has 1 fully saturated rings. The lowest BCUT2D eigenvalue weighted by atomic mass is 9.83. The van der Waals surface area contributed by atoms with E-state index in [1.807, 2.05) is 0 Å². The van der Waals surface area contributed by atoms with Gasteiger partial charge < -0.3 is 9.47 Å². The Morgan fingerprint density at radius 2 is 1.70 bits per heavy atom. The molecule has 1 heterocycles. The summed E-state index contributed by atoms with van der Waals surface area (Å²) in [7, 11) is 0. The van der Waals surface area contributed by atoms with E-state index < -0.39 is 23.7 Å². The van der Waals surface area contributed by atoms with Crippen LogP contribution in [0.2, 0.25) is 0 Å². The second-order valence-electron chi connectivity index (χ2n) is 6.61. The molecule has 0 bridgehead atoms. The molecule has 1 aliphatic rings. The van der Waals surface area contributed by atoms with E-state index in [0.717, 1.165) is 19.3 Å². The van der Waals surface area contributed by atoms with Crippen molar-refractivity contribution in [3.8, 4) is 0 Å². The minimum absolute atomic E-state index is 0.296. The molecular formula is C18H25F3O2. The Kier molecular flexibility index (Phi) is 5.41. The number of unbranched alkanes of at least 4 members (excludes halogenated alkanes) is 3. The summed E-state index contributed by atoms with van der Waals surface area (Å²) >= 11 is 0. The molecule has 1 aliphatic heterocycles. The Balaban J connectivity index is 2.39. The molecule has 5 heteroatoms. The summed E-state index contributed by atoms with van der Waals surface area (Å²) in [5.41, 5.74) is -0.944. The van der Waals surface area contributed by atoms with E-state index in [2.05, 4.69) is 6.92 Å². The van der Waals surface area contributed by atoms with Crippen LogP contribution in [0.3, 0.4) is 0 Å². The molecule has 0 aromatic heterocycles. The van der Waals surface area contributed by atoms with Gasteiger partial charge in [-0.1, -0.05) is 62.9 Å². The Morgan fingerprint density at radius 3 is 2.26 bits per heavy atom. The first kappa shape index (κ1) is 18.3. The van der Waals surface area contributed by atoms with Crippen LogP contribution in [0.15, 0.2) is 30.3 Å². The molecular weight excluding hydrogens is 305 g/mol. The van der Waals surface area contributed by atoms with Gasteiger partial charge >= 0.3 is 6.18 Å². The van der Waals surface area contributed by atoms with E-state index in [1.54, 1.807) is 44.2 Å². The lowest BCUT2D eigenvalue weighted by Gasteiger charge is -2.34. The van der Waals surface area contributed by atoms with E-state index in [4.69, 9.17) is 9.47 Å². The van der Waals surface area contributed by atoms with Gasteiger partial charge in [0, 0.05) is 0 Å². The van der Waals surface area contributed by atoms with Crippen molar-refractivity contribution >= 4 is 0 Å². The van der Waals surface area contributed by atoms with Gasteiger partial charge in [-0.25, -0.2) is 0 Å². The van der Waals surface area contributed by atoms with Gasteiger partial charge in [0.1, 0.15) is 5.60 Å². The maximum absolute atomic E-state index is 13.7. The molecule has 1 aromatic carbocycles. The van der Waals surface area contributed by atoms with Gasteiger partial charge in [0.25, 0.3) is 0 Å². The van der Waals surface area contributed by atoms with Crippen molar-refractivity contribution in [1.29, 1.82) is 0 Å². The highest BCUT2D eigenvalue weighted by Crippen LogP contribution is 2.52. The average Bonchev–Trinajstić information content (AvgIpc) is 2.77. The van der Waals surface area contributed by atoms with E-state index in [1.165, 1.54) is 0 Å². The monoisotopic (exact) mass is 330 g/mol. The maximum atomic E-state index is 13.7. The van der Waals surface area contributed by atoms with Gasteiger partial charge in [0.2, 0.25) is 0 Å². The summed E-state index contributed by atoms with van der Waals surface area (Å²) in [6, 6.07) is 8.67. The van der Waals surface area contributed by atoms with E-state index in [-0.39, 0.29) is 0 Å². The van der Waals surface area contributed by atoms with Crippen LogP contribution in [0.1, 0.15) is 58.4 Å². The zero-order valence-electron chi connectivity index (χ0n) is 14.0. The van der Waals surface area contributed by atoms with Crippen molar-refractivity contribution in [2.75, 3.05) is 0 Å². The Bertz CT molecular complexity index is 499. The minimum Gasteiger partial charge on any atom is -0.336 e. The fraction of sp³-hybridized carbons (Fsp3) is 0.667. The van der Waals surface area contributed by atoms with Crippen molar-refractivity contribution in [1.82, 2.24) is 0 Å². The molecule has 0 spiro atoms. The van der Waals surface area contributed by atoms with Crippen LogP contribution in [0, 0.1) is 0 Å². The third-order valence-electron chi connectivity index (χ3n) is 4.21. The molecule has 1 saturated heterocycles. The fourth-order valence-corrected chi connectivity index (χ4v) is 3.30. The molecule has 1 aromatic rings. The SMILES string of the molecule is CCCCCC[C@]1(c2ccccc2)OC(C)(C)O[C@H]1C(F)(F)F. The van der Waals surface area contributed by atoms with Crippen LogP contribution in [0.25, 0.3) is 0 Å². The second-order valence-corrected chi connectivity index (χ2v) is 6.61. The van der Waals surface area contributed by atoms with Gasteiger partial charge in [-0.15, -0.1) is 0 Å². The maximum Gasteiger partial charge on any atom is 0.417 e. The Morgan fingerprint density at radius 1 is 1.04 bits per heavy atom. The Labute approximate surface area is 136 Å². The van der Waals surface area contributed by atoms with Gasteiger partial charge in [-0.05, 0) is 25.8 Å². The number of hydrogen-bond acceptors (Lipinski definition) is 2. The average molecular weight is 330 g/mol. The third kappa shape index (κ3) is 4.07. The van der Waals surface area contributed by atoms with Crippen LogP contribution in [0.5, 0.6) is 0 Å². The van der Waals surface area contributed by atoms with Crippen LogP contribution < -0.4 is 0 Å². The summed E-state index contributed by atoms with van der Waals surface area (Å²) in [6.07, 6.45) is -2.53. The molecule has 23 heavy (non-hydrogen) atoms. The van der Waals surface area contributed by atoms with E-state index in [9.17, 15) is 13.2 Å². The summed E-state index contributed by atoms with van der Waals surface area (Å²) in [5, 5.41) is 0. The molecule has 0 amide bonds. The van der Waals surface area contributed by atoms with Crippen molar-refractivity contribution in [3.05, 3.63) is 35.9 Å². The zero-order valence-corrected chi connectivity index (χ0v) is 14.0. The van der Waals surface area contributed by atoms with Gasteiger partial charge in [0.05, 0.1) is 0 Å². The fourth-order valence-electron chi connectivity index (χ4n) is 3.30. The third-order valence-corrected chi connectivity index (χ3v) is 4.21. The molecule has 130 valence electrons. The highest BCUT2D eigenvalue weighted by Gasteiger charge is 2.64. The Hall–Kier alpha value is -1.07. The molecule has 2 atom stereocenters. The van der Waals surface area contributed by atoms with Crippen molar-refractivity contribution in [2.45, 2.75) is 76.5 Å². The number of alkyl halides is 3. The van der Waals surface area contributed by atoms with Crippen LogP contribution in [0.4, 0.5) is 13.2 Å².